The summed E-state index contributed by atoms with van der Waals surface area (Å²) in [6.45, 7) is 6.77. The molecule has 0 aromatic carbocycles. The minimum Gasteiger partial charge on any atom is -0.354 e. The van der Waals surface area contributed by atoms with E-state index in [1.807, 2.05) is 20.8 Å². The lowest BCUT2D eigenvalue weighted by molar-refractivity contribution is -0.122. The molecule has 0 atom stereocenters. The van der Waals surface area contributed by atoms with E-state index < -0.39 is 0 Å². The number of aromatic nitrogens is 3. The van der Waals surface area contributed by atoms with Crippen LogP contribution in [0.4, 0.5) is 0 Å². The molecule has 1 saturated carbocycles. The highest BCUT2D eigenvalue weighted by molar-refractivity contribution is 5.90. The van der Waals surface area contributed by atoms with Gasteiger partial charge in [0.25, 0.3) is 5.91 Å². The second kappa shape index (κ2) is 5.60. The Labute approximate surface area is 117 Å². The van der Waals surface area contributed by atoms with Gasteiger partial charge in [-0.25, -0.2) is 4.98 Å². The van der Waals surface area contributed by atoms with Gasteiger partial charge in [-0.2, -0.15) is 0 Å². The Balaban J connectivity index is 1.74. The fourth-order valence-corrected chi connectivity index (χ4v) is 1.63. The van der Waals surface area contributed by atoms with Crippen molar-refractivity contribution in [3.05, 3.63) is 11.6 Å². The fourth-order valence-electron chi connectivity index (χ4n) is 1.63. The Morgan fingerprint density at radius 2 is 1.90 bits per heavy atom. The molecule has 3 N–H and O–H groups in total. The highest BCUT2D eigenvalue weighted by Crippen LogP contribution is 2.28. The van der Waals surface area contributed by atoms with Crippen molar-refractivity contribution in [3.63, 3.8) is 0 Å². The third-order valence-electron chi connectivity index (χ3n) is 3.06. The van der Waals surface area contributed by atoms with Crippen molar-refractivity contribution in [1.29, 1.82) is 0 Å². The van der Waals surface area contributed by atoms with E-state index in [-0.39, 0.29) is 29.0 Å². The monoisotopic (exact) mass is 279 g/mol. The molecule has 0 saturated heterocycles. The summed E-state index contributed by atoms with van der Waals surface area (Å²) >= 11 is 0. The Morgan fingerprint density at radius 1 is 1.25 bits per heavy atom. The van der Waals surface area contributed by atoms with Gasteiger partial charge in [-0.3, -0.25) is 14.7 Å². The molecule has 0 radical (unpaired) electrons. The maximum atomic E-state index is 11.8. The molecule has 0 bridgehead atoms. The number of carbonyl (C=O) groups is 2. The van der Waals surface area contributed by atoms with Gasteiger partial charge in [0.1, 0.15) is 5.82 Å². The first-order valence-electron chi connectivity index (χ1n) is 6.86. The van der Waals surface area contributed by atoms with Crippen LogP contribution in [0.15, 0.2) is 0 Å². The minimum atomic E-state index is -0.336. The van der Waals surface area contributed by atoms with Crippen molar-refractivity contribution in [2.45, 2.75) is 39.0 Å². The molecule has 2 rings (SSSR count). The SMILES string of the molecule is CC(C)(C)c1nc(C(=O)NCCNC(=O)C2CC2)n[nH]1. The van der Waals surface area contributed by atoms with Gasteiger partial charge in [-0.05, 0) is 12.8 Å². The van der Waals surface area contributed by atoms with Crippen LogP contribution in [0.25, 0.3) is 0 Å². The van der Waals surface area contributed by atoms with Crippen LogP contribution in [-0.4, -0.2) is 40.1 Å². The number of hydrogen-bond donors (Lipinski definition) is 3. The largest absolute Gasteiger partial charge is 0.354 e. The van der Waals surface area contributed by atoms with Crippen LogP contribution in [0.5, 0.6) is 0 Å². The molecule has 110 valence electrons. The zero-order chi connectivity index (χ0) is 14.8. The van der Waals surface area contributed by atoms with Crippen LogP contribution in [-0.2, 0) is 10.2 Å². The normalized spacial score (nSPS) is 14.9. The van der Waals surface area contributed by atoms with Gasteiger partial charge >= 0.3 is 0 Å². The molecule has 0 spiro atoms. The molecule has 1 aliphatic rings. The molecule has 7 heteroatoms. The lowest BCUT2D eigenvalue weighted by Gasteiger charge is -2.12. The van der Waals surface area contributed by atoms with Crippen molar-refractivity contribution in [1.82, 2.24) is 25.8 Å². The number of nitrogens with one attached hydrogen (secondary N) is 3. The first-order chi connectivity index (χ1) is 9.38. The van der Waals surface area contributed by atoms with E-state index in [1.54, 1.807) is 0 Å². The molecule has 7 nitrogen and oxygen atoms in total. The number of rotatable bonds is 5. The van der Waals surface area contributed by atoms with Gasteiger partial charge in [-0.1, -0.05) is 20.8 Å². The maximum Gasteiger partial charge on any atom is 0.291 e. The molecule has 20 heavy (non-hydrogen) atoms. The van der Waals surface area contributed by atoms with Crippen LogP contribution in [0.3, 0.4) is 0 Å². The number of nitrogens with zero attached hydrogens (tertiary/aromatic N) is 2. The molecule has 1 heterocycles. The van der Waals surface area contributed by atoms with Crippen molar-refractivity contribution in [3.8, 4) is 0 Å². The summed E-state index contributed by atoms with van der Waals surface area (Å²) in [7, 11) is 0. The van der Waals surface area contributed by atoms with Crippen LogP contribution in [0.2, 0.25) is 0 Å². The average molecular weight is 279 g/mol. The van der Waals surface area contributed by atoms with E-state index >= 15 is 0 Å². The summed E-state index contributed by atoms with van der Waals surface area (Å²) in [5, 5.41) is 12.1. The predicted octanol–water partition coefficient (Wildman–Crippen LogP) is 0.358. The summed E-state index contributed by atoms with van der Waals surface area (Å²) in [5.41, 5.74) is -0.177. The minimum absolute atomic E-state index is 0.0761. The maximum absolute atomic E-state index is 11.8. The van der Waals surface area contributed by atoms with Gasteiger partial charge in [0, 0.05) is 24.4 Å². The van der Waals surface area contributed by atoms with Gasteiger partial charge in [0.05, 0.1) is 0 Å². The number of carbonyl (C=O) groups excluding carboxylic acids is 2. The van der Waals surface area contributed by atoms with E-state index in [1.165, 1.54) is 0 Å². The molecule has 1 aromatic heterocycles. The lowest BCUT2D eigenvalue weighted by Crippen LogP contribution is -2.35. The third kappa shape index (κ3) is 3.79. The number of hydrogen-bond acceptors (Lipinski definition) is 4. The summed E-state index contributed by atoms with van der Waals surface area (Å²) in [4.78, 5) is 27.4. The standard InChI is InChI=1S/C13H21N5O2/c1-13(2,3)12-16-9(17-18-12)11(20)15-7-6-14-10(19)8-4-5-8/h8H,4-7H2,1-3H3,(H,14,19)(H,15,20)(H,16,17,18). The first-order valence-corrected chi connectivity index (χ1v) is 6.86. The smallest absolute Gasteiger partial charge is 0.291 e. The Bertz CT molecular complexity index is 499. The molecular formula is C13H21N5O2. The quantitative estimate of drug-likeness (QED) is 0.677. The lowest BCUT2D eigenvalue weighted by atomic mass is 9.96. The second-order valence-corrected chi connectivity index (χ2v) is 6.08. The summed E-state index contributed by atoms with van der Waals surface area (Å²) in [5.74, 6) is 0.728. The van der Waals surface area contributed by atoms with Gasteiger partial charge < -0.3 is 10.6 Å². The van der Waals surface area contributed by atoms with Gasteiger partial charge in [0.2, 0.25) is 11.7 Å². The van der Waals surface area contributed by atoms with E-state index in [0.29, 0.717) is 18.9 Å². The summed E-state index contributed by atoms with van der Waals surface area (Å²) < 4.78 is 0. The molecule has 2 amide bonds. The van der Waals surface area contributed by atoms with E-state index in [9.17, 15) is 9.59 Å². The molecule has 1 aromatic rings. The van der Waals surface area contributed by atoms with E-state index in [2.05, 4.69) is 25.8 Å². The zero-order valence-electron chi connectivity index (χ0n) is 12.1. The highest BCUT2D eigenvalue weighted by atomic mass is 16.2. The average Bonchev–Trinajstić information content (AvgIpc) is 3.09. The molecule has 0 aliphatic heterocycles. The second-order valence-electron chi connectivity index (χ2n) is 6.08. The van der Waals surface area contributed by atoms with E-state index in [4.69, 9.17) is 0 Å². The fraction of sp³-hybridized carbons (Fsp3) is 0.692. The van der Waals surface area contributed by atoms with Crippen LogP contribution >= 0.6 is 0 Å². The highest BCUT2D eigenvalue weighted by Gasteiger charge is 2.29. The van der Waals surface area contributed by atoms with Crippen molar-refractivity contribution in [2.24, 2.45) is 5.92 Å². The number of aromatic amines is 1. The Morgan fingerprint density at radius 3 is 2.45 bits per heavy atom. The van der Waals surface area contributed by atoms with Gasteiger partial charge in [0.15, 0.2) is 0 Å². The molecule has 1 aliphatic carbocycles. The zero-order valence-corrected chi connectivity index (χ0v) is 12.1. The van der Waals surface area contributed by atoms with Crippen LogP contribution in [0.1, 0.15) is 50.1 Å². The first kappa shape index (κ1) is 14.5. The van der Waals surface area contributed by atoms with Crippen molar-refractivity contribution >= 4 is 11.8 Å². The van der Waals surface area contributed by atoms with E-state index in [0.717, 1.165) is 12.8 Å². The third-order valence-corrected chi connectivity index (χ3v) is 3.06. The number of amides is 2. The summed E-state index contributed by atoms with van der Waals surface area (Å²) in [6, 6.07) is 0. The van der Waals surface area contributed by atoms with Crippen LogP contribution < -0.4 is 10.6 Å². The van der Waals surface area contributed by atoms with Crippen LogP contribution in [0, 0.1) is 5.92 Å². The topological polar surface area (TPSA) is 99.8 Å². The molecule has 1 fully saturated rings. The Kier molecular flexibility index (Phi) is 4.06. The molecular weight excluding hydrogens is 258 g/mol. The molecule has 0 unspecified atom stereocenters. The number of H-pyrrole nitrogens is 1. The van der Waals surface area contributed by atoms with Gasteiger partial charge in [-0.15, -0.1) is 5.10 Å². The summed E-state index contributed by atoms with van der Waals surface area (Å²) in [6.07, 6.45) is 1.95. The predicted molar refractivity (Wildman–Crippen MR) is 73.1 cm³/mol. The van der Waals surface area contributed by atoms with Crippen molar-refractivity contribution in [2.75, 3.05) is 13.1 Å². The van der Waals surface area contributed by atoms with Crippen molar-refractivity contribution < 1.29 is 9.59 Å². The Hall–Kier alpha value is -1.92.